The molecule has 1 unspecified atom stereocenters. The van der Waals surface area contributed by atoms with E-state index in [4.69, 9.17) is 26.8 Å². The quantitative estimate of drug-likeness (QED) is 0.904. The fourth-order valence-corrected chi connectivity index (χ4v) is 2.94. The molecule has 1 fully saturated rings. The second-order valence-electron chi connectivity index (χ2n) is 5.05. The molecule has 1 aliphatic rings. The minimum Gasteiger partial charge on any atom is -0.381 e. The summed E-state index contributed by atoms with van der Waals surface area (Å²) in [5, 5.41) is 0.752. The van der Waals surface area contributed by atoms with Crippen LogP contribution in [0.2, 0.25) is 5.02 Å². The molecule has 4 heteroatoms. The third kappa shape index (κ3) is 3.69. The van der Waals surface area contributed by atoms with Gasteiger partial charge in [0, 0.05) is 43.7 Å². The van der Waals surface area contributed by atoms with Crippen LogP contribution in [0.15, 0.2) is 24.3 Å². The standard InChI is InChI=1S/C15H22ClNO2/c1-2-19-15(6-8-18-9-7-15)14(17)11-12-4-3-5-13(16)10-12/h3-5,10,14H,2,6-9,11,17H2,1H3. The van der Waals surface area contributed by atoms with E-state index in [0.717, 1.165) is 43.1 Å². The topological polar surface area (TPSA) is 44.5 Å². The van der Waals surface area contributed by atoms with E-state index in [1.54, 1.807) is 0 Å². The van der Waals surface area contributed by atoms with Gasteiger partial charge in [-0.25, -0.2) is 0 Å². The predicted octanol–water partition coefficient (Wildman–Crippen LogP) is 2.80. The summed E-state index contributed by atoms with van der Waals surface area (Å²) in [6.07, 6.45) is 2.51. The fourth-order valence-electron chi connectivity index (χ4n) is 2.73. The maximum absolute atomic E-state index is 6.43. The van der Waals surface area contributed by atoms with Crippen molar-refractivity contribution in [3.05, 3.63) is 34.9 Å². The summed E-state index contributed by atoms with van der Waals surface area (Å²) >= 11 is 6.02. The molecule has 0 bridgehead atoms. The Morgan fingerprint density at radius 3 is 2.79 bits per heavy atom. The highest BCUT2D eigenvalue weighted by atomic mass is 35.5. The lowest BCUT2D eigenvalue weighted by molar-refractivity contribution is -0.120. The number of nitrogens with two attached hydrogens (primary N) is 1. The average Bonchev–Trinajstić information content (AvgIpc) is 2.40. The van der Waals surface area contributed by atoms with Gasteiger partial charge < -0.3 is 15.2 Å². The van der Waals surface area contributed by atoms with E-state index in [2.05, 4.69) is 6.07 Å². The first-order valence-electron chi connectivity index (χ1n) is 6.88. The molecule has 19 heavy (non-hydrogen) atoms. The molecular weight excluding hydrogens is 262 g/mol. The molecular formula is C15H22ClNO2. The van der Waals surface area contributed by atoms with Crippen LogP contribution in [-0.2, 0) is 15.9 Å². The lowest BCUT2D eigenvalue weighted by Crippen LogP contribution is -2.54. The Labute approximate surface area is 120 Å². The summed E-state index contributed by atoms with van der Waals surface area (Å²) in [6.45, 7) is 4.15. The summed E-state index contributed by atoms with van der Waals surface area (Å²) in [4.78, 5) is 0. The zero-order chi connectivity index (χ0) is 13.7. The van der Waals surface area contributed by atoms with Crippen molar-refractivity contribution in [1.82, 2.24) is 0 Å². The Morgan fingerprint density at radius 2 is 2.16 bits per heavy atom. The Bertz CT molecular complexity index is 399. The minimum absolute atomic E-state index is 0.0326. The molecule has 1 saturated heterocycles. The first-order valence-corrected chi connectivity index (χ1v) is 7.26. The second-order valence-corrected chi connectivity index (χ2v) is 5.49. The van der Waals surface area contributed by atoms with Gasteiger partial charge in [0.15, 0.2) is 0 Å². The highest BCUT2D eigenvalue weighted by Gasteiger charge is 2.39. The maximum Gasteiger partial charge on any atom is 0.0879 e. The van der Waals surface area contributed by atoms with Crippen LogP contribution >= 0.6 is 11.6 Å². The van der Waals surface area contributed by atoms with Gasteiger partial charge >= 0.3 is 0 Å². The second kappa shape index (κ2) is 6.71. The van der Waals surface area contributed by atoms with Gasteiger partial charge in [-0.15, -0.1) is 0 Å². The van der Waals surface area contributed by atoms with E-state index in [0.29, 0.717) is 6.61 Å². The molecule has 2 rings (SSSR count). The summed E-state index contributed by atoms with van der Waals surface area (Å²) in [7, 11) is 0. The molecule has 1 atom stereocenters. The maximum atomic E-state index is 6.43. The molecule has 0 aromatic heterocycles. The van der Waals surface area contributed by atoms with Crippen molar-refractivity contribution in [2.24, 2.45) is 5.73 Å². The van der Waals surface area contributed by atoms with Crippen LogP contribution in [0.5, 0.6) is 0 Å². The average molecular weight is 284 g/mol. The molecule has 1 aromatic rings. The minimum atomic E-state index is -0.255. The highest BCUT2D eigenvalue weighted by Crippen LogP contribution is 2.30. The zero-order valence-corrected chi connectivity index (χ0v) is 12.2. The van der Waals surface area contributed by atoms with E-state index in [1.807, 2.05) is 25.1 Å². The molecule has 1 heterocycles. The number of hydrogen-bond acceptors (Lipinski definition) is 3. The molecule has 106 valence electrons. The molecule has 0 amide bonds. The largest absolute Gasteiger partial charge is 0.381 e. The Hall–Kier alpha value is -0.610. The monoisotopic (exact) mass is 283 g/mol. The molecule has 0 radical (unpaired) electrons. The Balaban J connectivity index is 2.08. The molecule has 3 nitrogen and oxygen atoms in total. The highest BCUT2D eigenvalue weighted by molar-refractivity contribution is 6.30. The van der Waals surface area contributed by atoms with E-state index in [9.17, 15) is 0 Å². The predicted molar refractivity (Wildman–Crippen MR) is 77.5 cm³/mol. The van der Waals surface area contributed by atoms with Gasteiger partial charge in [0.05, 0.1) is 5.60 Å². The van der Waals surface area contributed by atoms with Gasteiger partial charge in [-0.05, 0) is 31.0 Å². The van der Waals surface area contributed by atoms with Crippen LogP contribution in [0, 0.1) is 0 Å². The number of halogens is 1. The normalized spacial score (nSPS) is 20.2. The number of benzene rings is 1. The Morgan fingerprint density at radius 1 is 1.42 bits per heavy atom. The van der Waals surface area contributed by atoms with Gasteiger partial charge in [0.2, 0.25) is 0 Å². The molecule has 1 aliphatic heterocycles. The van der Waals surface area contributed by atoms with E-state index < -0.39 is 0 Å². The molecule has 0 spiro atoms. The summed E-state index contributed by atoms with van der Waals surface area (Å²) in [6, 6.07) is 7.84. The van der Waals surface area contributed by atoms with Crippen LogP contribution in [0.3, 0.4) is 0 Å². The van der Waals surface area contributed by atoms with Gasteiger partial charge in [0.1, 0.15) is 0 Å². The molecule has 2 N–H and O–H groups in total. The fraction of sp³-hybridized carbons (Fsp3) is 0.600. The van der Waals surface area contributed by atoms with E-state index in [1.165, 1.54) is 0 Å². The van der Waals surface area contributed by atoms with E-state index in [-0.39, 0.29) is 11.6 Å². The first-order chi connectivity index (χ1) is 9.16. The SMILES string of the molecule is CCOC1(C(N)Cc2cccc(Cl)c2)CCOCC1. The molecule has 0 aliphatic carbocycles. The molecule has 1 aromatic carbocycles. The van der Waals surface area contributed by atoms with Crippen LogP contribution in [0.1, 0.15) is 25.3 Å². The van der Waals surface area contributed by atoms with Crippen molar-refractivity contribution in [3.63, 3.8) is 0 Å². The third-order valence-corrected chi connectivity index (χ3v) is 4.03. The zero-order valence-electron chi connectivity index (χ0n) is 11.4. The van der Waals surface area contributed by atoms with Crippen LogP contribution in [0.4, 0.5) is 0 Å². The van der Waals surface area contributed by atoms with Gasteiger partial charge in [-0.2, -0.15) is 0 Å². The number of ether oxygens (including phenoxy) is 2. The van der Waals surface area contributed by atoms with Crippen molar-refractivity contribution in [3.8, 4) is 0 Å². The molecule has 0 saturated carbocycles. The number of rotatable bonds is 5. The van der Waals surface area contributed by atoms with Crippen LogP contribution in [-0.4, -0.2) is 31.5 Å². The van der Waals surface area contributed by atoms with E-state index >= 15 is 0 Å². The summed E-state index contributed by atoms with van der Waals surface area (Å²) < 4.78 is 11.4. The van der Waals surface area contributed by atoms with Gasteiger partial charge in [0.25, 0.3) is 0 Å². The van der Waals surface area contributed by atoms with Crippen molar-refractivity contribution in [2.75, 3.05) is 19.8 Å². The van der Waals surface area contributed by atoms with Crippen LogP contribution in [0.25, 0.3) is 0 Å². The first kappa shape index (κ1) is 14.8. The summed E-state index contributed by atoms with van der Waals surface area (Å²) in [5.74, 6) is 0. The summed E-state index contributed by atoms with van der Waals surface area (Å²) in [5.41, 5.74) is 7.33. The van der Waals surface area contributed by atoms with Gasteiger partial charge in [-0.3, -0.25) is 0 Å². The van der Waals surface area contributed by atoms with Crippen molar-refractivity contribution < 1.29 is 9.47 Å². The number of hydrogen-bond donors (Lipinski definition) is 1. The smallest absolute Gasteiger partial charge is 0.0879 e. The lowest BCUT2D eigenvalue weighted by atomic mass is 9.83. The Kier molecular flexibility index (Phi) is 5.22. The van der Waals surface area contributed by atoms with Crippen molar-refractivity contribution in [1.29, 1.82) is 0 Å². The third-order valence-electron chi connectivity index (χ3n) is 3.79. The lowest BCUT2D eigenvalue weighted by Gasteiger charge is -2.41. The van der Waals surface area contributed by atoms with Crippen LogP contribution < -0.4 is 5.73 Å². The van der Waals surface area contributed by atoms with Crippen molar-refractivity contribution in [2.45, 2.75) is 37.8 Å². The van der Waals surface area contributed by atoms with Gasteiger partial charge in [-0.1, -0.05) is 23.7 Å². The van der Waals surface area contributed by atoms with Crippen molar-refractivity contribution >= 4 is 11.6 Å².